The van der Waals surface area contributed by atoms with Gasteiger partial charge in [-0.05, 0) is 0 Å². The van der Waals surface area contributed by atoms with Crippen LogP contribution in [0.25, 0.3) is 0 Å². The van der Waals surface area contributed by atoms with Crippen molar-refractivity contribution in [2.24, 2.45) is 23.7 Å². The molecule has 1 aliphatic rings. The lowest BCUT2D eigenvalue weighted by molar-refractivity contribution is -0.150. The van der Waals surface area contributed by atoms with Crippen LogP contribution in [0.5, 0.6) is 0 Å². The lowest BCUT2D eigenvalue weighted by atomic mass is 9.84. The summed E-state index contributed by atoms with van der Waals surface area (Å²) >= 11 is 0. The summed E-state index contributed by atoms with van der Waals surface area (Å²) in [4.78, 5) is 64.0. The highest BCUT2D eigenvalue weighted by atomic mass is 16.6. The SMILES string of the molecule is C=C(C(=O)OC)[C@H](C)C(C=O)C=O.COC(=O)[C@]1([C@H](C)C(C=O)C=O)CO1. The molecule has 0 radical (unpaired) electrons. The van der Waals surface area contributed by atoms with Crippen molar-refractivity contribution in [2.75, 3.05) is 20.8 Å². The van der Waals surface area contributed by atoms with Gasteiger partial charge in [0, 0.05) is 17.4 Å². The van der Waals surface area contributed by atoms with Gasteiger partial charge in [0.05, 0.1) is 32.7 Å². The number of epoxide rings is 1. The van der Waals surface area contributed by atoms with Crippen molar-refractivity contribution < 1.29 is 43.0 Å². The molecule has 0 N–H and O–H groups in total. The second-order valence-corrected chi connectivity index (χ2v) is 5.96. The third kappa shape index (κ3) is 5.92. The molecule has 0 aromatic heterocycles. The summed E-state index contributed by atoms with van der Waals surface area (Å²) in [5, 5.41) is 0. The maximum Gasteiger partial charge on any atom is 0.340 e. The van der Waals surface area contributed by atoms with E-state index in [9.17, 15) is 28.8 Å². The maximum atomic E-state index is 11.3. The van der Waals surface area contributed by atoms with E-state index in [2.05, 4.69) is 16.1 Å². The number of hydrogen-bond donors (Lipinski definition) is 0. The Morgan fingerprint density at radius 2 is 1.41 bits per heavy atom. The third-order valence-electron chi connectivity index (χ3n) is 4.50. The van der Waals surface area contributed by atoms with E-state index in [1.165, 1.54) is 14.2 Å². The molecule has 0 saturated carbocycles. The van der Waals surface area contributed by atoms with Gasteiger partial charge in [-0.1, -0.05) is 20.4 Å². The van der Waals surface area contributed by atoms with Crippen molar-refractivity contribution in [1.82, 2.24) is 0 Å². The predicted molar refractivity (Wildman–Crippen MR) is 91.4 cm³/mol. The van der Waals surface area contributed by atoms with Crippen molar-refractivity contribution in [3.63, 3.8) is 0 Å². The molecule has 0 aliphatic carbocycles. The zero-order valence-corrected chi connectivity index (χ0v) is 15.7. The number of methoxy groups -OCH3 is 2. The van der Waals surface area contributed by atoms with E-state index in [4.69, 9.17) is 4.74 Å². The van der Waals surface area contributed by atoms with Gasteiger partial charge in [0.25, 0.3) is 0 Å². The average molecular weight is 384 g/mol. The minimum Gasteiger partial charge on any atom is -0.467 e. The summed E-state index contributed by atoms with van der Waals surface area (Å²) in [6.45, 7) is 6.86. The van der Waals surface area contributed by atoms with Gasteiger partial charge < -0.3 is 33.4 Å². The maximum absolute atomic E-state index is 11.3. The molecule has 0 amide bonds. The number of carbonyl (C=O) groups is 6. The summed E-state index contributed by atoms with van der Waals surface area (Å²) in [5.74, 6) is -3.77. The molecule has 1 aliphatic heterocycles. The molecule has 0 spiro atoms. The van der Waals surface area contributed by atoms with E-state index in [1.807, 2.05) is 0 Å². The fraction of sp³-hybridized carbons (Fsp3) is 0.556. The van der Waals surface area contributed by atoms with Crippen molar-refractivity contribution in [1.29, 1.82) is 0 Å². The lowest BCUT2D eigenvalue weighted by Gasteiger charge is -2.19. The molecule has 1 rings (SSSR count). The Kier molecular flexibility index (Phi) is 10.0. The van der Waals surface area contributed by atoms with Gasteiger partial charge in [-0.25, -0.2) is 9.59 Å². The summed E-state index contributed by atoms with van der Waals surface area (Å²) < 4.78 is 13.9. The topological polar surface area (TPSA) is 133 Å². The van der Waals surface area contributed by atoms with Crippen LogP contribution in [0, 0.1) is 23.7 Å². The van der Waals surface area contributed by atoms with Gasteiger partial charge in [-0.3, -0.25) is 0 Å². The van der Waals surface area contributed by atoms with Crippen LogP contribution in [0.4, 0.5) is 0 Å². The highest BCUT2D eigenvalue weighted by Crippen LogP contribution is 2.39. The van der Waals surface area contributed by atoms with E-state index in [-0.39, 0.29) is 12.2 Å². The van der Waals surface area contributed by atoms with Crippen LogP contribution < -0.4 is 0 Å². The third-order valence-corrected chi connectivity index (χ3v) is 4.50. The molecule has 150 valence electrons. The first kappa shape index (κ1) is 24.3. The molecule has 1 saturated heterocycles. The van der Waals surface area contributed by atoms with Crippen molar-refractivity contribution >= 4 is 37.1 Å². The summed E-state index contributed by atoms with van der Waals surface area (Å²) in [6.07, 6.45) is 2.02. The van der Waals surface area contributed by atoms with Crippen molar-refractivity contribution in [2.45, 2.75) is 19.4 Å². The number of rotatable bonds is 10. The Morgan fingerprint density at radius 3 is 1.70 bits per heavy atom. The molecule has 0 aromatic rings. The Hall–Kier alpha value is -2.68. The van der Waals surface area contributed by atoms with E-state index >= 15 is 0 Å². The Balaban J connectivity index is 0.000000503. The minimum absolute atomic E-state index is 0.131. The first-order valence-corrected chi connectivity index (χ1v) is 8.01. The number of esters is 2. The molecule has 0 unspecified atom stereocenters. The van der Waals surface area contributed by atoms with Crippen LogP contribution in [0.2, 0.25) is 0 Å². The molecule has 9 nitrogen and oxygen atoms in total. The number of aldehydes is 4. The summed E-state index contributed by atoms with van der Waals surface area (Å²) in [6, 6.07) is 0. The van der Waals surface area contributed by atoms with Gasteiger partial charge in [-0.15, -0.1) is 0 Å². The number of carbonyl (C=O) groups excluding carboxylic acids is 6. The average Bonchev–Trinajstić information content (AvgIpc) is 3.50. The van der Waals surface area contributed by atoms with E-state index in [1.54, 1.807) is 13.8 Å². The van der Waals surface area contributed by atoms with Gasteiger partial charge in [0.15, 0.2) is 5.60 Å². The quantitative estimate of drug-likeness (QED) is 0.167. The smallest absolute Gasteiger partial charge is 0.340 e. The van der Waals surface area contributed by atoms with Crippen LogP contribution in [0.3, 0.4) is 0 Å². The fourth-order valence-corrected chi connectivity index (χ4v) is 2.21. The first-order valence-electron chi connectivity index (χ1n) is 8.01. The summed E-state index contributed by atoms with van der Waals surface area (Å²) in [5.41, 5.74) is -0.951. The second kappa shape index (κ2) is 11.1. The normalized spacial score (nSPS) is 19.6. The molecular formula is C18H24O9. The van der Waals surface area contributed by atoms with Crippen molar-refractivity contribution in [3.05, 3.63) is 12.2 Å². The molecule has 27 heavy (non-hydrogen) atoms. The molecule has 0 aromatic carbocycles. The Morgan fingerprint density at radius 1 is 0.963 bits per heavy atom. The molecule has 1 heterocycles. The lowest BCUT2D eigenvalue weighted by Crippen LogP contribution is -2.38. The van der Waals surface area contributed by atoms with Crippen LogP contribution in [-0.4, -0.2) is 63.5 Å². The molecular weight excluding hydrogens is 360 g/mol. The number of ether oxygens (including phenoxy) is 3. The van der Waals surface area contributed by atoms with Gasteiger partial charge in [-0.2, -0.15) is 0 Å². The molecule has 3 atom stereocenters. The zero-order valence-electron chi connectivity index (χ0n) is 15.7. The van der Waals surface area contributed by atoms with Gasteiger partial charge in [0.2, 0.25) is 0 Å². The number of hydrogen-bond acceptors (Lipinski definition) is 9. The van der Waals surface area contributed by atoms with Gasteiger partial charge in [0.1, 0.15) is 25.1 Å². The predicted octanol–water partition coefficient (Wildman–Crippen LogP) is -0.0558. The molecule has 1 fully saturated rings. The van der Waals surface area contributed by atoms with Crippen LogP contribution in [0.1, 0.15) is 13.8 Å². The zero-order chi connectivity index (χ0) is 21.2. The Labute approximate surface area is 157 Å². The first-order chi connectivity index (χ1) is 12.7. The van der Waals surface area contributed by atoms with E-state index < -0.39 is 41.2 Å². The summed E-state index contributed by atoms with van der Waals surface area (Å²) in [7, 11) is 2.46. The van der Waals surface area contributed by atoms with Gasteiger partial charge >= 0.3 is 11.9 Å². The fourth-order valence-electron chi connectivity index (χ4n) is 2.21. The highest BCUT2D eigenvalue weighted by molar-refractivity contribution is 5.90. The standard InChI is InChI=1S/C9H12O5.C9H12O4/c1-6(7(3-10)4-11)9(5-14-9)8(12)13-2;1-6(8(4-10)5-11)7(2)9(12)13-3/h3-4,6-7H,5H2,1-2H3;4-6,8H,2H2,1,3H3/t6-,9-;6-/m10/s1. The minimum atomic E-state index is -1.08. The van der Waals surface area contributed by atoms with Crippen LogP contribution in [0.15, 0.2) is 12.2 Å². The van der Waals surface area contributed by atoms with E-state index in [0.717, 1.165) is 0 Å². The van der Waals surface area contributed by atoms with Crippen LogP contribution >= 0.6 is 0 Å². The van der Waals surface area contributed by atoms with Crippen LogP contribution in [-0.2, 0) is 43.0 Å². The largest absolute Gasteiger partial charge is 0.467 e. The Bertz CT molecular complexity index is 576. The van der Waals surface area contributed by atoms with Crippen molar-refractivity contribution in [3.8, 4) is 0 Å². The monoisotopic (exact) mass is 384 g/mol. The van der Waals surface area contributed by atoms with E-state index in [0.29, 0.717) is 25.1 Å². The molecule has 0 bridgehead atoms. The molecule has 9 heteroatoms. The highest BCUT2D eigenvalue weighted by Gasteiger charge is 2.59. The second-order valence-electron chi connectivity index (χ2n) is 5.96.